The Bertz CT molecular complexity index is 827. The van der Waals surface area contributed by atoms with E-state index >= 15 is 0 Å². The third-order valence-electron chi connectivity index (χ3n) is 3.34. The van der Waals surface area contributed by atoms with E-state index in [4.69, 9.17) is 0 Å². The third kappa shape index (κ3) is 4.17. The molecule has 0 bridgehead atoms. The highest BCUT2D eigenvalue weighted by molar-refractivity contribution is 14.1. The normalized spacial score (nSPS) is 10.5. The zero-order valence-electron chi connectivity index (χ0n) is 12.5. The van der Waals surface area contributed by atoms with E-state index in [1.165, 1.54) is 5.56 Å². The van der Waals surface area contributed by atoms with Gasteiger partial charge < -0.3 is 5.32 Å². The smallest absolute Gasteiger partial charge is 0.230 e. The lowest BCUT2D eigenvalue weighted by Gasteiger charge is -2.05. The number of thiazole rings is 1. The summed E-state index contributed by atoms with van der Waals surface area (Å²) in [5.41, 5.74) is 3.95. The highest BCUT2D eigenvalue weighted by atomic mass is 127. The summed E-state index contributed by atoms with van der Waals surface area (Å²) < 4.78 is 1.03. The van der Waals surface area contributed by atoms with E-state index in [9.17, 15) is 4.79 Å². The van der Waals surface area contributed by atoms with Gasteiger partial charge in [-0.15, -0.1) is 11.3 Å². The van der Waals surface area contributed by atoms with Crippen molar-refractivity contribution in [2.24, 2.45) is 0 Å². The van der Waals surface area contributed by atoms with Crippen LogP contribution in [-0.4, -0.2) is 10.9 Å². The number of carbonyl (C=O) groups is 1. The van der Waals surface area contributed by atoms with E-state index in [0.29, 0.717) is 0 Å². The van der Waals surface area contributed by atoms with Gasteiger partial charge in [0.25, 0.3) is 0 Å². The number of rotatable bonds is 4. The third-order valence-corrected chi connectivity index (χ3v) is 5.22. The molecule has 1 N–H and O–H groups in total. The molecule has 1 heterocycles. The van der Waals surface area contributed by atoms with Gasteiger partial charge in [0, 0.05) is 14.5 Å². The van der Waals surface area contributed by atoms with Gasteiger partial charge in [-0.2, -0.15) is 0 Å². The number of benzene rings is 2. The first-order chi connectivity index (χ1) is 11.1. The topological polar surface area (TPSA) is 42.0 Å². The molecular weight excluding hydrogens is 419 g/mol. The van der Waals surface area contributed by atoms with Crippen LogP contribution in [-0.2, 0) is 11.2 Å². The quantitative estimate of drug-likeness (QED) is 0.594. The van der Waals surface area contributed by atoms with Crippen molar-refractivity contribution < 1.29 is 4.79 Å². The fourth-order valence-corrected chi connectivity index (χ4v) is 3.49. The lowest BCUT2D eigenvalue weighted by atomic mass is 10.2. The summed E-state index contributed by atoms with van der Waals surface area (Å²) in [5.74, 6) is -0.0464. The van der Waals surface area contributed by atoms with Gasteiger partial charge >= 0.3 is 0 Å². The maximum atomic E-state index is 12.2. The molecule has 0 fully saturated rings. The summed E-state index contributed by atoms with van der Waals surface area (Å²) in [7, 11) is 0. The van der Waals surface area contributed by atoms with Crippen molar-refractivity contribution in [3.63, 3.8) is 0 Å². The second-order valence-electron chi connectivity index (χ2n) is 5.21. The van der Waals surface area contributed by atoms with E-state index in [0.717, 1.165) is 25.5 Å². The Morgan fingerprint density at radius 1 is 1.17 bits per heavy atom. The lowest BCUT2D eigenvalue weighted by molar-refractivity contribution is -0.115. The minimum atomic E-state index is -0.0464. The number of hydrogen-bond acceptors (Lipinski definition) is 3. The molecule has 1 amide bonds. The fraction of sp³-hybridized carbons (Fsp3) is 0.111. The summed E-state index contributed by atoms with van der Waals surface area (Å²) in [6, 6.07) is 16.0. The Morgan fingerprint density at radius 2 is 1.91 bits per heavy atom. The second kappa shape index (κ2) is 7.23. The predicted molar refractivity (Wildman–Crippen MR) is 104 cm³/mol. The van der Waals surface area contributed by atoms with Crippen LogP contribution >= 0.6 is 33.9 Å². The number of aromatic nitrogens is 1. The molecule has 0 saturated carbocycles. The number of amides is 1. The Balaban J connectivity index is 1.68. The molecule has 1 aromatic heterocycles. The van der Waals surface area contributed by atoms with Gasteiger partial charge in [0.2, 0.25) is 5.91 Å². The Labute approximate surface area is 152 Å². The van der Waals surface area contributed by atoms with Crippen LogP contribution in [0.1, 0.15) is 11.3 Å². The molecule has 0 unspecified atom stereocenters. The molecule has 23 heavy (non-hydrogen) atoms. The number of nitrogens with one attached hydrogen (secondary N) is 1. The van der Waals surface area contributed by atoms with Gasteiger partial charge in [-0.25, -0.2) is 4.98 Å². The molecule has 116 valence electrons. The van der Waals surface area contributed by atoms with Gasteiger partial charge in [-0.1, -0.05) is 42.0 Å². The van der Waals surface area contributed by atoms with Crippen LogP contribution in [0.3, 0.4) is 0 Å². The van der Waals surface area contributed by atoms with Crippen molar-refractivity contribution in [3.05, 3.63) is 68.7 Å². The predicted octanol–water partition coefficient (Wildman–Crippen LogP) is 4.90. The molecule has 0 radical (unpaired) electrons. The minimum absolute atomic E-state index is 0.0464. The van der Waals surface area contributed by atoms with Crippen LogP contribution in [0.2, 0.25) is 0 Å². The number of carbonyl (C=O) groups excluding carboxylic acids is 1. The Morgan fingerprint density at radius 3 is 2.65 bits per heavy atom. The SMILES string of the molecule is Cc1ccc(-c2nc(CC(=O)Nc3ccccc3I)cs2)cc1. The molecule has 0 aliphatic heterocycles. The number of aryl methyl sites for hydroxylation is 1. The molecule has 0 aliphatic carbocycles. The molecular formula is C18H15IN2OS. The van der Waals surface area contributed by atoms with Crippen LogP contribution in [0, 0.1) is 10.5 Å². The first kappa shape index (κ1) is 16.1. The molecule has 0 saturated heterocycles. The molecule has 2 aromatic carbocycles. The second-order valence-corrected chi connectivity index (χ2v) is 7.24. The number of anilines is 1. The average molecular weight is 434 g/mol. The van der Waals surface area contributed by atoms with Crippen LogP contribution in [0.25, 0.3) is 10.6 Å². The number of hydrogen-bond donors (Lipinski definition) is 1. The van der Waals surface area contributed by atoms with E-state index < -0.39 is 0 Å². The zero-order valence-corrected chi connectivity index (χ0v) is 15.5. The summed E-state index contributed by atoms with van der Waals surface area (Å²) in [5, 5.41) is 5.83. The van der Waals surface area contributed by atoms with E-state index in [1.54, 1.807) is 11.3 Å². The average Bonchev–Trinajstić information content (AvgIpc) is 2.98. The minimum Gasteiger partial charge on any atom is -0.325 e. The van der Waals surface area contributed by atoms with Crippen LogP contribution in [0.15, 0.2) is 53.9 Å². The number of nitrogens with zero attached hydrogens (tertiary/aromatic N) is 1. The van der Waals surface area contributed by atoms with E-state index in [-0.39, 0.29) is 12.3 Å². The van der Waals surface area contributed by atoms with Crippen molar-refractivity contribution in [3.8, 4) is 10.6 Å². The first-order valence-corrected chi connectivity index (χ1v) is 9.13. The first-order valence-electron chi connectivity index (χ1n) is 7.17. The highest BCUT2D eigenvalue weighted by Crippen LogP contribution is 2.24. The molecule has 0 atom stereocenters. The van der Waals surface area contributed by atoms with Crippen molar-refractivity contribution in [1.82, 2.24) is 4.98 Å². The highest BCUT2D eigenvalue weighted by Gasteiger charge is 2.10. The fourth-order valence-electron chi connectivity index (χ4n) is 2.14. The van der Waals surface area contributed by atoms with Crippen LogP contribution in [0.4, 0.5) is 5.69 Å². The van der Waals surface area contributed by atoms with Crippen molar-refractivity contribution in [2.45, 2.75) is 13.3 Å². The lowest BCUT2D eigenvalue weighted by Crippen LogP contribution is -2.15. The summed E-state index contributed by atoms with van der Waals surface area (Å²) in [4.78, 5) is 16.7. The van der Waals surface area contributed by atoms with Gasteiger partial charge in [0.05, 0.1) is 17.8 Å². The van der Waals surface area contributed by atoms with Gasteiger partial charge in [-0.3, -0.25) is 4.79 Å². The van der Waals surface area contributed by atoms with Crippen LogP contribution < -0.4 is 5.32 Å². The van der Waals surface area contributed by atoms with Gasteiger partial charge in [0.1, 0.15) is 5.01 Å². The van der Waals surface area contributed by atoms with Gasteiger partial charge in [-0.05, 0) is 41.6 Å². The monoisotopic (exact) mass is 434 g/mol. The van der Waals surface area contributed by atoms with Crippen LogP contribution in [0.5, 0.6) is 0 Å². The summed E-state index contributed by atoms with van der Waals surface area (Å²) >= 11 is 3.78. The number of para-hydroxylation sites is 1. The Hall–Kier alpha value is -1.73. The zero-order chi connectivity index (χ0) is 16.2. The Kier molecular flexibility index (Phi) is 5.07. The van der Waals surface area contributed by atoms with Crippen molar-refractivity contribution in [2.75, 3.05) is 5.32 Å². The largest absolute Gasteiger partial charge is 0.325 e. The molecule has 3 rings (SSSR count). The molecule has 0 spiro atoms. The van der Waals surface area contributed by atoms with E-state index in [1.807, 2.05) is 29.6 Å². The number of halogens is 1. The molecule has 0 aliphatic rings. The maximum Gasteiger partial charge on any atom is 0.230 e. The molecule has 5 heteroatoms. The molecule has 3 nitrogen and oxygen atoms in total. The maximum absolute atomic E-state index is 12.2. The van der Waals surface area contributed by atoms with E-state index in [2.05, 4.69) is 64.1 Å². The summed E-state index contributed by atoms with van der Waals surface area (Å²) in [6.07, 6.45) is 0.285. The standard InChI is InChI=1S/C18H15IN2OS/c1-12-6-8-13(9-7-12)18-20-14(11-23-18)10-17(22)21-16-5-3-2-4-15(16)19/h2-9,11H,10H2,1H3,(H,21,22). The molecule has 3 aromatic rings. The van der Waals surface area contributed by atoms with Crippen molar-refractivity contribution >= 4 is 45.5 Å². The van der Waals surface area contributed by atoms with Gasteiger partial charge in [0.15, 0.2) is 0 Å². The van der Waals surface area contributed by atoms with Crippen molar-refractivity contribution in [1.29, 1.82) is 0 Å². The summed E-state index contributed by atoms with van der Waals surface area (Å²) in [6.45, 7) is 2.06.